The summed E-state index contributed by atoms with van der Waals surface area (Å²) in [5, 5.41) is 3.83. The van der Waals surface area contributed by atoms with Crippen LogP contribution < -0.4 is 0 Å². The van der Waals surface area contributed by atoms with Gasteiger partial charge in [-0.3, -0.25) is 0 Å². The second-order valence-corrected chi connectivity index (χ2v) is 6.32. The van der Waals surface area contributed by atoms with E-state index in [4.69, 9.17) is 14.0 Å². The van der Waals surface area contributed by atoms with E-state index in [0.29, 0.717) is 23.7 Å². The van der Waals surface area contributed by atoms with Crippen LogP contribution >= 0.6 is 0 Å². The van der Waals surface area contributed by atoms with Crippen LogP contribution in [0.15, 0.2) is 10.6 Å². The van der Waals surface area contributed by atoms with Crippen LogP contribution in [0.3, 0.4) is 0 Å². The molecule has 0 bridgehead atoms. The molecule has 0 spiro atoms. The predicted molar refractivity (Wildman–Crippen MR) is 78.7 cm³/mol. The number of rotatable bonds is 3. The minimum Gasteiger partial charge on any atom is -0.486 e. The van der Waals surface area contributed by atoms with Gasteiger partial charge in [-0.15, -0.1) is 0 Å². The van der Waals surface area contributed by atoms with Crippen LogP contribution in [-0.2, 0) is 9.47 Å². The Hall–Kier alpha value is -1.78. The maximum atomic E-state index is 11.8. The highest BCUT2D eigenvalue weighted by molar-refractivity contribution is 5.89. The number of carbonyl (C=O) groups is 1. The van der Waals surface area contributed by atoms with E-state index < -0.39 is 5.97 Å². The van der Waals surface area contributed by atoms with Gasteiger partial charge in [0.2, 0.25) is 5.76 Å². The molecule has 2 heterocycles. The smallest absolute Gasteiger partial charge is 0.360 e. The van der Waals surface area contributed by atoms with Crippen molar-refractivity contribution < 1.29 is 18.8 Å². The molecule has 1 aliphatic heterocycles. The van der Waals surface area contributed by atoms with Crippen molar-refractivity contribution in [1.82, 2.24) is 5.16 Å². The van der Waals surface area contributed by atoms with E-state index >= 15 is 0 Å². The lowest BCUT2D eigenvalue weighted by Gasteiger charge is -2.34. The molecule has 1 aromatic rings. The number of carbonyl (C=O) groups excluding carboxylic acids is 1. The van der Waals surface area contributed by atoms with E-state index in [9.17, 15) is 4.79 Å². The van der Waals surface area contributed by atoms with E-state index in [1.165, 1.54) is 0 Å². The summed E-state index contributed by atoms with van der Waals surface area (Å²) in [5.74, 6) is 0.725. The molecule has 0 aliphatic carbocycles. The first kappa shape index (κ1) is 15.6. The van der Waals surface area contributed by atoms with Gasteiger partial charge in [-0.25, -0.2) is 4.79 Å². The number of aromatic nitrogens is 1. The maximum absolute atomic E-state index is 11.8. The zero-order valence-electron chi connectivity index (χ0n) is 13.4. The molecule has 1 aliphatic rings. The summed E-state index contributed by atoms with van der Waals surface area (Å²) in [6.45, 7) is 10.3. The SMILES string of the molecule is CCOC(=O)c1noc(C2=CCCC(C(C)(C)C)O2)c1C. The second kappa shape index (κ2) is 5.92. The van der Waals surface area contributed by atoms with E-state index in [-0.39, 0.29) is 17.2 Å². The van der Waals surface area contributed by atoms with Gasteiger partial charge in [0.15, 0.2) is 11.5 Å². The van der Waals surface area contributed by atoms with Gasteiger partial charge in [0.25, 0.3) is 0 Å². The summed E-state index contributed by atoms with van der Waals surface area (Å²) < 4.78 is 16.3. The molecule has 0 aromatic carbocycles. The van der Waals surface area contributed by atoms with Gasteiger partial charge in [-0.1, -0.05) is 25.9 Å². The number of hydrogen-bond acceptors (Lipinski definition) is 5. The summed E-state index contributed by atoms with van der Waals surface area (Å²) in [5.41, 5.74) is 0.931. The highest BCUT2D eigenvalue weighted by Gasteiger charge is 2.32. The van der Waals surface area contributed by atoms with E-state index in [1.807, 2.05) is 6.08 Å². The fourth-order valence-electron chi connectivity index (χ4n) is 2.34. The van der Waals surface area contributed by atoms with Crippen molar-refractivity contribution in [3.05, 3.63) is 23.1 Å². The molecule has 0 radical (unpaired) electrons. The van der Waals surface area contributed by atoms with Gasteiger partial charge < -0.3 is 14.0 Å². The molecule has 2 rings (SSSR count). The van der Waals surface area contributed by atoms with Gasteiger partial charge in [0.05, 0.1) is 6.61 Å². The predicted octanol–water partition coefficient (Wildman–Crippen LogP) is 3.73. The Morgan fingerprint density at radius 2 is 2.19 bits per heavy atom. The molecule has 0 amide bonds. The molecule has 1 aromatic heterocycles. The van der Waals surface area contributed by atoms with Crippen LogP contribution in [0.5, 0.6) is 0 Å². The summed E-state index contributed by atoms with van der Waals surface area (Å²) in [7, 11) is 0. The Morgan fingerprint density at radius 3 is 2.81 bits per heavy atom. The molecule has 0 saturated heterocycles. The van der Waals surface area contributed by atoms with Gasteiger partial charge >= 0.3 is 5.97 Å². The molecular weight excluding hydrogens is 270 g/mol. The number of allylic oxidation sites excluding steroid dienone is 1. The molecule has 0 N–H and O–H groups in total. The van der Waals surface area contributed by atoms with Crippen LogP contribution in [0.4, 0.5) is 0 Å². The van der Waals surface area contributed by atoms with Gasteiger partial charge in [0, 0.05) is 5.56 Å². The normalized spacial score (nSPS) is 18.9. The molecule has 116 valence electrons. The standard InChI is InChI=1S/C16H23NO4/c1-6-19-15(18)13-10(2)14(21-17-13)11-8-7-9-12(20-11)16(3,4)5/h8,12H,6-7,9H2,1-5H3. The van der Waals surface area contributed by atoms with Gasteiger partial charge in [-0.05, 0) is 38.2 Å². The quantitative estimate of drug-likeness (QED) is 0.795. The highest BCUT2D eigenvalue weighted by atomic mass is 16.5. The fraction of sp³-hybridized carbons (Fsp3) is 0.625. The van der Waals surface area contributed by atoms with E-state index in [0.717, 1.165) is 12.8 Å². The first-order chi connectivity index (χ1) is 9.84. The average Bonchev–Trinajstić information content (AvgIpc) is 2.80. The summed E-state index contributed by atoms with van der Waals surface area (Å²) >= 11 is 0. The van der Waals surface area contributed by atoms with Crippen molar-refractivity contribution in [3.63, 3.8) is 0 Å². The van der Waals surface area contributed by atoms with Crippen molar-refractivity contribution in [1.29, 1.82) is 0 Å². The van der Waals surface area contributed by atoms with Crippen molar-refractivity contribution in [3.8, 4) is 0 Å². The second-order valence-electron chi connectivity index (χ2n) is 6.32. The highest BCUT2D eigenvalue weighted by Crippen LogP contribution is 2.36. The molecule has 1 atom stereocenters. The summed E-state index contributed by atoms with van der Waals surface area (Å²) in [6.07, 6.45) is 4.01. The van der Waals surface area contributed by atoms with Gasteiger partial charge in [-0.2, -0.15) is 0 Å². The molecule has 5 nitrogen and oxygen atoms in total. The molecule has 0 saturated carbocycles. The molecular formula is C16H23NO4. The van der Waals surface area contributed by atoms with E-state index in [2.05, 4.69) is 25.9 Å². The Bertz CT molecular complexity index is 551. The summed E-state index contributed by atoms with van der Waals surface area (Å²) in [4.78, 5) is 11.8. The monoisotopic (exact) mass is 293 g/mol. The van der Waals surface area contributed by atoms with Crippen LogP contribution in [0, 0.1) is 12.3 Å². The van der Waals surface area contributed by atoms with Crippen molar-refractivity contribution in [2.24, 2.45) is 5.41 Å². The van der Waals surface area contributed by atoms with Crippen LogP contribution in [0.2, 0.25) is 0 Å². The fourth-order valence-corrected chi connectivity index (χ4v) is 2.34. The number of nitrogens with zero attached hydrogens (tertiary/aromatic N) is 1. The third kappa shape index (κ3) is 3.28. The number of hydrogen-bond donors (Lipinski definition) is 0. The lowest BCUT2D eigenvalue weighted by atomic mass is 9.85. The maximum Gasteiger partial charge on any atom is 0.360 e. The molecule has 5 heteroatoms. The third-order valence-electron chi connectivity index (χ3n) is 3.61. The topological polar surface area (TPSA) is 61.6 Å². The third-order valence-corrected chi connectivity index (χ3v) is 3.61. The number of esters is 1. The zero-order chi connectivity index (χ0) is 15.6. The molecule has 21 heavy (non-hydrogen) atoms. The molecule has 1 unspecified atom stereocenters. The minimum atomic E-state index is -0.464. The Kier molecular flexibility index (Phi) is 4.40. The van der Waals surface area contributed by atoms with Crippen molar-refractivity contribution in [2.45, 2.75) is 53.6 Å². The Labute approximate surface area is 125 Å². The lowest BCUT2D eigenvalue weighted by molar-refractivity contribution is 0.0438. The van der Waals surface area contributed by atoms with Crippen LogP contribution in [0.1, 0.15) is 62.3 Å². The average molecular weight is 293 g/mol. The Morgan fingerprint density at radius 1 is 1.48 bits per heavy atom. The van der Waals surface area contributed by atoms with Crippen LogP contribution in [-0.4, -0.2) is 23.8 Å². The first-order valence-electron chi connectivity index (χ1n) is 7.35. The first-order valence-corrected chi connectivity index (χ1v) is 7.35. The summed E-state index contributed by atoms with van der Waals surface area (Å²) in [6, 6.07) is 0. The zero-order valence-corrected chi connectivity index (χ0v) is 13.4. The van der Waals surface area contributed by atoms with Gasteiger partial charge in [0.1, 0.15) is 6.10 Å². The lowest BCUT2D eigenvalue weighted by Crippen LogP contribution is -2.30. The minimum absolute atomic E-state index is 0.0530. The van der Waals surface area contributed by atoms with Crippen molar-refractivity contribution >= 4 is 11.7 Å². The number of ether oxygens (including phenoxy) is 2. The largest absolute Gasteiger partial charge is 0.486 e. The van der Waals surface area contributed by atoms with Crippen molar-refractivity contribution in [2.75, 3.05) is 6.61 Å². The Balaban J connectivity index is 2.23. The van der Waals surface area contributed by atoms with Crippen LogP contribution in [0.25, 0.3) is 5.76 Å². The molecule has 0 fully saturated rings. The van der Waals surface area contributed by atoms with E-state index in [1.54, 1.807) is 13.8 Å².